The topological polar surface area (TPSA) is 40.6 Å². The molecule has 74 valence electrons. The van der Waals surface area contributed by atoms with Crippen molar-refractivity contribution in [1.82, 2.24) is 9.80 Å². The Morgan fingerprint density at radius 3 is 1.46 bits per heavy atom. The average molecular weight is 184 g/mol. The molecule has 1 aliphatic carbocycles. The number of rotatable bonds is 2. The number of carbonyl (C=O) groups is 2. The SMILES string of the molecule is CN(C)C(=O)C1CC1C(=O)N(C)C. The minimum absolute atomic E-state index is 0.0649. The molecule has 0 N–H and O–H groups in total. The zero-order valence-electron chi connectivity index (χ0n) is 8.57. The highest BCUT2D eigenvalue weighted by Crippen LogP contribution is 2.40. The summed E-state index contributed by atoms with van der Waals surface area (Å²) in [6, 6.07) is 0. The predicted molar refractivity (Wildman–Crippen MR) is 49.0 cm³/mol. The molecule has 1 rings (SSSR count). The molecule has 2 unspecified atom stereocenters. The summed E-state index contributed by atoms with van der Waals surface area (Å²) in [4.78, 5) is 25.9. The van der Waals surface area contributed by atoms with Crippen molar-refractivity contribution in [2.24, 2.45) is 11.8 Å². The smallest absolute Gasteiger partial charge is 0.225 e. The number of amides is 2. The molecule has 0 aliphatic heterocycles. The molecular weight excluding hydrogens is 168 g/mol. The molecule has 0 aromatic rings. The third-order valence-corrected chi connectivity index (χ3v) is 2.31. The largest absolute Gasteiger partial charge is 0.349 e. The fourth-order valence-electron chi connectivity index (χ4n) is 1.40. The second-order valence-electron chi connectivity index (χ2n) is 3.91. The molecule has 2 amide bonds. The molecule has 1 saturated carbocycles. The van der Waals surface area contributed by atoms with Crippen LogP contribution in [0.1, 0.15) is 6.42 Å². The van der Waals surface area contributed by atoms with Gasteiger partial charge in [0.15, 0.2) is 0 Å². The van der Waals surface area contributed by atoms with Gasteiger partial charge in [-0.3, -0.25) is 9.59 Å². The monoisotopic (exact) mass is 184 g/mol. The molecule has 13 heavy (non-hydrogen) atoms. The van der Waals surface area contributed by atoms with Crippen molar-refractivity contribution in [2.45, 2.75) is 6.42 Å². The lowest BCUT2D eigenvalue weighted by molar-refractivity contribution is -0.135. The number of hydrogen-bond acceptors (Lipinski definition) is 2. The van der Waals surface area contributed by atoms with Crippen LogP contribution in [0.15, 0.2) is 0 Å². The van der Waals surface area contributed by atoms with Crippen LogP contribution in [0.25, 0.3) is 0 Å². The van der Waals surface area contributed by atoms with E-state index >= 15 is 0 Å². The van der Waals surface area contributed by atoms with Crippen molar-refractivity contribution in [3.63, 3.8) is 0 Å². The molecule has 0 radical (unpaired) electrons. The zero-order chi connectivity index (χ0) is 10.2. The van der Waals surface area contributed by atoms with Gasteiger partial charge in [-0.25, -0.2) is 0 Å². The van der Waals surface area contributed by atoms with Gasteiger partial charge in [-0.2, -0.15) is 0 Å². The Morgan fingerprint density at radius 2 is 1.23 bits per heavy atom. The molecule has 0 aromatic carbocycles. The standard InChI is InChI=1S/C9H16N2O2/c1-10(2)8(12)6-5-7(6)9(13)11(3)4/h6-7H,5H2,1-4H3. The lowest BCUT2D eigenvalue weighted by atomic mass is 10.2. The first-order chi connectivity index (χ1) is 5.95. The quantitative estimate of drug-likeness (QED) is 0.596. The van der Waals surface area contributed by atoms with Gasteiger partial charge in [0, 0.05) is 28.2 Å². The van der Waals surface area contributed by atoms with Crippen molar-refractivity contribution in [3.8, 4) is 0 Å². The highest BCUT2D eigenvalue weighted by atomic mass is 16.2. The molecule has 0 bridgehead atoms. The molecule has 0 saturated heterocycles. The van der Waals surface area contributed by atoms with E-state index in [0.29, 0.717) is 6.42 Å². The van der Waals surface area contributed by atoms with Crippen molar-refractivity contribution >= 4 is 11.8 Å². The molecule has 2 atom stereocenters. The normalized spacial score (nSPS) is 25.2. The van der Waals surface area contributed by atoms with E-state index < -0.39 is 0 Å². The zero-order valence-corrected chi connectivity index (χ0v) is 8.57. The summed E-state index contributed by atoms with van der Waals surface area (Å²) < 4.78 is 0. The first-order valence-corrected chi connectivity index (χ1v) is 4.37. The van der Waals surface area contributed by atoms with Crippen LogP contribution in [0.4, 0.5) is 0 Å². The molecule has 0 aromatic heterocycles. The van der Waals surface area contributed by atoms with Gasteiger partial charge < -0.3 is 9.80 Å². The van der Waals surface area contributed by atoms with Gasteiger partial charge in [-0.1, -0.05) is 0 Å². The van der Waals surface area contributed by atoms with Gasteiger partial charge >= 0.3 is 0 Å². The van der Waals surface area contributed by atoms with Gasteiger partial charge in [0.1, 0.15) is 0 Å². The Balaban J connectivity index is 2.47. The van der Waals surface area contributed by atoms with Gasteiger partial charge in [-0.05, 0) is 6.42 Å². The minimum atomic E-state index is -0.0649. The Bertz CT molecular complexity index is 212. The first kappa shape index (κ1) is 10.0. The maximum atomic E-state index is 11.4. The van der Waals surface area contributed by atoms with Crippen LogP contribution in [0, 0.1) is 11.8 Å². The fraction of sp³-hybridized carbons (Fsp3) is 0.778. The van der Waals surface area contributed by atoms with Crippen LogP contribution in [0.5, 0.6) is 0 Å². The predicted octanol–water partition coefficient (Wildman–Crippen LogP) is -0.201. The molecule has 1 aliphatic rings. The van der Waals surface area contributed by atoms with E-state index in [-0.39, 0.29) is 23.7 Å². The number of hydrogen-bond donors (Lipinski definition) is 0. The Morgan fingerprint density at radius 1 is 0.923 bits per heavy atom. The minimum Gasteiger partial charge on any atom is -0.349 e. The lowest BCUT2D eigenvalue weighted by Crippen LogP contribution is -2.28. The van der Waals surface area contributed by atoms with Crippen LogP contribution < -0.4 is 0 Å². The summed E-state index contributed by atoms with van der Waals surface area (Å²) in [6.45, 7) is 0. The second kappa shape index (κ2) is 3.36. The van der Waals surface area contributed by atoms with E-state index in [9.17, 15) is 9.59 Å². The molecular formula is C9H16N2O2. The van der Waals surface area contributed by atoms with E-state index in [1.165, 1.54) is 0 Å². The molecule has 4 heteroatoms. The molecule has 4 nitrogen and oxygen atoms in total. The van der Waals surface area contributed by atoms with E-state index in [1.807, 2.05) is 0 Å². The Labute approximate surface area is 78.5 Å². The Kier molecular flexibility index (Phi) is 2.59. The first-order valence-electron chi connectivity index (χ1n) is 4.37. The van der Waals surface area contributed by atoms with Gasteiger partial charge in [0.05, 0.1) is 11.8 Å². The van der Waals surface area contributed by atoms with Crippen LogP contribution in [-0.4, -0.2) is 49.8 Å². The lowest BCUT2D eigenvalue weighted by Gasteiger charge is -2.11. The summed E-state index contributed by atoms with van der Waals surface area (Å²) in [5.41, 5.74) is 0. The van der Waals surface area contributed by atoms with Crippen LogP contribution >= 0.6 is 0 Å². The fourth-order valence-corrected chi connectivity index (χ4v) is 1.40. The maximum Gasteiger partial charge on any atom is 0.225 e. The van der Waals surface area contributed by atoms with E-state index in [4.69, 9.17) is 0 Å². The summed E-state index contributed by atoms with van der Waals surface area (Å²) in [5.74, 6) is 0.00944. The highest BCUT2D eigenvalue weighted by Gasteiger charge is 2.49. The second-order valence-corrected chi connectivity index (χ2v) is 3.91. The van der Waals surface area contributed by atoms with Gasteiger partial charge in [0.25, 0.3) is 0 Å². The summed E-state index contributed by atoms with van der Waals surface area (Å²) >= 11 is 0. The summed E-state index contributed by atoms with van der Waals surface area (Å²) in [7, 11) is 6.88. The summed E-state index contributed by atoms with van der Waals surface area (Å²) in [5, 5.41) is 0. The van der Waals surface area contributed by atoms with Crippen molar-refractivity contribution in [3.05, 3.63) is 0 Å². The number of nitrogens with zero attached hydrogens (tertiary/aromatic N) is 2. The van der Waals surface area contributed by atoms with Gasteiger partial charge in [-0.15, -0.1) is 0 Å². The van der Waals surface area contributed by atoms with E-state index in [0.717, 1.165) is 0 Å². The molecule has 1 fully saturated rings. The van der Waals surface area contributed by atoms with Crippen molar-refractivity contribution in [1.29, 1.82) is 0 Å². The van der Waals surface area contributed by atoms with Crippen molar-refractivity contribution < 1.29 is 9.59 Å². The van der Waals surface area contributed by atoms with Crippen LogP contribution in [0.3, 0.4) is 0 Å². The summed E-state index contributed by atoms with van der Waals surface area (Å²) in [6.07, 6.45) is 0.716. The Hall–Kier alpha value is -1.06. The number of carbonyl (C=O) groups excluding carboxylic acids is 2. The van der Waals surface area contributed by atoms with Crippen LogP contribution in [-0.2, 0) is 9.59 Å². The third kappa shape index (κ3) is 1.99. The maximum absolute atomic E-state index is 11.4. The molecule has 0 heterocycles. The van der Waals surface area contributed by atoms with Crippen LogP contribution in [0.2, 0.25) is 0 Å². The van der Waals surface area contributed by atoms with E-state index in [2.05, 4.69) is 0 Å². The van der Waals surface area contributed by atoms with Gasteiger partial charge in [0.2, 0.25) is 11.8 Å². The third-order valence-electron chi connectivity index (χ3n) is 2.31. The van der Waals surface area contributed by atoms with E-state index in [1.54, 1.807) is 38.0 Å². The highest BCUT2D eigenvalue weighted by molar-refractivity contribution is 5.92. The molecule has 0 spiro atoms. The average Bonchev–Trinajstić information content (AvgIpc) is 2.80. The van der Waals surface area contributed by atoms with Crippen molar-refractivity contribution in [2.75, 3.05) is 28.2 Å².